The molecule has 0 fully saturated rings. The third kappa shape index (κ3) is 3.34. The maximum atomic E-state index is 12.1. The highest BCUT2D eigenvalue weighted by Gasteiger charge is 2.31. The van der Waals surface area contributed by atoms with Gasteiger partial charge in [-0.15, -0.1) is 13.2 Å². The lowest BCUT2D eigenvalue weighted by atomic mass is 10.0. The number of rotatable bonds is 3. The second-order valence-corrected chi connectivity index (χ2v) is 3.78. The monoisotopic (exact) mass is 266 g/mol. The maximum absolute atomic E-state index is 12.1. The molecule has 0 amide bonds. The van der Waals surface area contributed by atoms with Crippen LogP contribution in [0, 0.1) is 0 Å². The summed E-state index contributed by atoms with van der Waals surface area (Å²) in [4.78, 5) is 10.9. The summed E-state index contributed by atoms with van der Waals surface area (Å²) < 4.78 is 40.3. The maximum Gasteiger partial charge on any atom is 0.573 e. The number of hydrogen-bond acceptors (Lipinski definition) is 2. The van der Waals surface area contributed by atoms with Gasteiger partial charge in [0.05, 0.1) is 0 Å². The van der Waals surface area contributed by atoms with Crippen molar-refractivity contribution in [3.8, 4) is 16.9 Å². The Morgan fingerprint density at radius 1 is 1.00 bits per heavy atom. The van der Waals surface area contributed by atoms with Crippen molar-refractivity contribution in [2.45, 2.75) is 6.36 Å². The summed E-state index contributed by atoms with van der Waals surface area (Å²) in [6, 6.07) is 12.2. The van der Waals surface area contributed by atoms with E-state index in [1.807, 2.05) is 0 Å². The van der Waals surface area contributed by atoms with Gasteiger partial charge in [0.25, 0.3) is 0 Å². The Morgan fingerprint density at radius 3 is 2.42 bits per heavy atom. The molecule has 0 aromatic heterocycles. The van der Waals surface area contributed by atoms with Crippen molar-refractivity contribution in [2.75, 3.05) is 0 Å². The Bertz CT molecular complexity index is 591. The molecule has 0 unspecified atom stereocenters. The first-order valence-electron chi connectivity index (χ1n) is 5.40. The number of carbonyl (C=O) groups excluding carboxylic acids is 1. The summed E-state index contributed by atoms with van der Waals surface area (Å²) in [5.74, 6) is -0.314. The van der Waals surface area contributed by atoms with Crippen molar-refractivity contribution in [1.82, 2.24) is 0 Å². The van der Waals surface area contributed by atoms with E-state index in [1.54, 1.807) is 30.3 Å². The Labute approximate surface area is 107 Å². The van der Waals surface area contributed by atoms with Crippen molar-refractivity contribution >= 4 is 6.29 Å². The molecule has 0 saturated carbocycles. The first-order chi connectivity index (χ1) is 8.99. The van der Waals surface area contributed by atoms with Gasteiger partial charge in [-0.25, -0.2) is 0 Å². The smallest absolute Gasteiger partial charge is 0.406 e. The van der Waals surface area contributed by atoms with Gasteiger partial charge in [0.15, 0.2) is 6.29 Å². The van der Waals surface area contributed by atoms with Crippen LogP contribution in [-0.2, 0) is 0 Å². The van der Waals surface area contributed by atoms with Gasteiger partial charge in [-0.2, -0.15) is 0 Å². The van der Waals surface area contributed by atoms with Gasteiger partial charge in [-0.1, -0.05) is 36.4 Å². The summed E-state index contributed by atoms with van der Waals surface area (Å²) in [5, 5.41) is 0. The molecule has 0 aliphatic rings. The van der Waals surface area contributed by atoms with E-state index in [-0.39, 0.29) is 5.75 Å². The van der Waals surface area contributed by atoms with Crippen LogP contribution in [0.4, 0.5) is 13.2 Å². The van der Waals surface area contributed by atoms with E-state index < -0.39 is 6.36 Å². The van der Waals surface area contributed by atoms with E-state index in [0.29, 0.717) is 23.0 Å². The zero-order valence-electron chi connectivity index (χ0n) is 9.65. The van der Waals surface area contributed by atoms with E-state index in [0.717, 1.165) is 0 Å². The predicted molar refractivity (Wildman–Crippen MR) is 63.9 cm³/mol. The van der Waals surface area contributed by atoms with E-state index >= 15 is 0 Å². The molecule has 0 heterocycles. The van der Waals surface area contributed by atoms with Crippen LogP contribution in [0.25, 0.3) is 11.1 Å². The van der Waals surface area contributed by atoms with Crippen LogP contribution >= 0.6 is 0 Å². The highest BCUT2D eigenvalue weighted by Crippen LogP contribution is 2.29. The summed E-state index contributed by atoms with van der Waals surface area (Å²) in [6.45, 7) is 0. The second-order valence-electron chi connectivity index (χ2n) is 3.78. The van der Waals surface area contributed by atoms with Crippen LogP contribution in [-0.4, -0.2) is 12.6 Å². The fourth-order valence-corrected chi connectivity index (χ4v) is 1.72. The topological polar surface area (TPSA) is 26.3 Å². The van der Waals surface area contributed by atoms with Crippen molar-refractivity contribution in [1.29, 1.82) is 0 Å². The second kappa shape index (κ2) is 5.14. The highest BCUT2D eigenvalue weighted by atomic mass is 19.4. The Hall–Kier alpha value is -2.30. The van der Waals surface area contributed by atoms with Crippen LogP contribution in [0.2, 0.25) is 0 Å². The quantitative estimate of drug-likeness (QED) is 0.783. The Balaban J connectivity index is 2.41. The molecule has 0 aliphatic carbocycles. The Kier molecular flexibility index (Phi) is 3.55. The zero-order chi connectivity index (χ0) is 13.9. The van der Waals surface area contributed by atoms with Crippen LogP contribution in [0.15, 0.2) is 48.5 Å². The molecule has 0 atom stereocenters. The lowest BCUT2D eigenvalue weighted by Crippen LogP contribution is -2.17. The van der Waals surface area contributed by atoms with Gasteiger partial charge in [-0.05, 0) is 23.3 Å². The fourth-order valence-electron chi connectivity index (χ4n) is 1.72. The number of ether oxygens (including phenoxy) is 1. The molecule has 98 valence electrons. The normalized spacial score (nSPS) is 11.1. The third-order valence-electron chi connectivity index (χ3n) is 2.47. The number of carbonyl (C=O) groups is 1. The van der Waals surface area contributed by atoms with E-state index in [2.05, 4.69) is 4.74 Å². The van der Waals surface area contributed by atoms with Crippen molar-refractivity contribution in [2.24, 2.45) is 0 Å². The molecule has 0 radical (unpaired) electrons. The largest absolute Gasteiger partial charge is 0.573 e. The van der Waals surface area contributed by atoms with Crippen LogP contribution in [0.3, 0.4) is 0 Å². The molecule has 0 spiro atoms. The molecule has 0 aliphatic heterocycles. The fraction of sp³-hybridized carbons (Fsp3) is 0.0714. The van der Waals surface area contributed by atoms with E-state index in [1.165, 1.54) is 18.2 Å². The number of halogens is 3. The molecular formula is C14H9F3O2. The molecular weight excluding hydrogens is 257 g/mol. The van der Waals surface area contributed by atoms with Gasteiger partial charge < -0.3 is 4.74 Å². The van der Waals surface area contributed by atoms with Crippen LogP contribution < -0.4 is 4.74 Å². The van der Waals surface area contributed by atoms with Crippen LogP contribution in [0.1, 0.15) is 10.4 Å². The summed E-state index contributed by atoms with van der Waals surface area (Å²) in [6.07, 6.45) is -4.07. The lowest BCUT2D eigenvalue weighted by Gasteiger charge is -2.10. The number of alkyl halides is 3. The highest BCUT2D eigenvalue weighted by molar-refractivity contribution is 5.87. The first-order valence-corrected chi connectivity index (χ1v) is 5.40. The van der Waals surface area contributed by atoms with Crippen molar-refractivity contribution in [3.05, 3.63) is 54.1 Å². The van der Waals surface area contributed by atoms with Crippen molar-refractivity contribution < 1.29 is 22.7 Å². The third-order valence-corrected chi connectivity index (χ3v) is 2.47. The minimum absolute atomic E-state index is 0.314. The van der Waals surface area contributed by atoms with Gasteiger partial charge in [0, 0.05) is 5.56 Å². The number of aldehydes is 1. The average Bonchev–Trinajstić information content (AvgIpc) is 2.37. The summed E-state index contributed by atoms with van der Waals surface area (Å²) in [7, 11) is 0. The van der Waals surface area contributed by atoms with E-state index in [4.69, 9.17) is 0 Å². The molecule has 2 rings (SSSR count). The standard InChI is InChI=1S/C14H9F3O2/c15-14(16,17)19-12-6-3-5-10(8-12)13-7-2-1-4-11(13)9-18/h1-9H. The molecule has 0 N–H and O–H groups in total. The van der Waals surface area contributed by atoms with Crippen molar-refractivity contribution in [3.63, 3.8) is 0 Å². The molecule has 5 heteroatoms. The zero-order valence-corrected chi connectivity index (χ0v) is 9.65. The average molecular weight is 266 g/mol. The Morgan fingerprint density at radius 2 is 1.74 bits per heavy atom. The first kappa shape index (κ1) is 13.1. The summed E-state index contributed by atoms with van der Waals surface area (Å²) in [5.41, 5.74) is 1.46. The van der Waals surface area contributed by atoms with Gasteiger partial charge in [0.1, 0.15) is 5.75 Å². The van der Waals surface area contributed by atoms with Crippen LogP contribution in [0.5, 0.6) is 5.75 Å². The molecule has 19 heavy (non-hydrogen) atoms. The minimum atomic E-state index is -4.73. The minimum Gasteiger partial charge on any atom is -0.406 e. The predicted octanol–water partition coefficient (Wildman–Crippen LogP) is 4.06. The summed E-state index contributed by atoms with van der Waals surface area (Å²) >= 11 is 0. The van der Waals surface area contributed by atoms with Gasteiger partial charge in [0.2, 0.25) is 0 Å². The molecule has 2 aromatic rings. The molecule has 2 aromatic carbocycles. The SMILES string of the molecule is O=Cc1ccccc1-c1cccc(OC(F)(F)F)c1. The van der Waals surface area contributed by atoms with E-state index in [9.17, 15) is 18.0 Å². The lowest BCUT2D eigenvalue weighted by molar-refractivity contribution is -0.274. The molecule has 2 nitrogen and oxygen atoms in total. The van der Waals surface area contributed by atoms with Gasteiger partial charge >= 0.3 is 6.36 Å². The number of benzene rings is 2. The molecule has 0 saturated heterocycles. The van der Waals surface area contributed by atoms with Gasteiger partial charge in [-0.3, -0.25) is 4.79 Å². The number of hydrogen-bond donors (Lipinski definition) is 0. The molecule has 0 bridgehead atoms.